The van der Waals surface area contributed by atoms with E-state index in [-0.39, 0.29) is 13.3 Å². The van der Waals surface area contributed by atoms with Crippen molar-refractivity contribution in [3.8, 4) is 0 Å². The molecule has 0 aliphatic heterocycles. The van der Waals surface area contributed by atoms with Crippen molar-refractivity contribution in [3.05, 3.63) is 12.7 Å². The molecule has 0 radical (unpaired) electrons. The maximum atomic E-state index is 9.34. The Morgan fingerprint density at radius 3 is 2.89 bits per heavy atom. The van der Waals surface area contributed by atoms with Gasteiger partial charge in [0.1, 0.15) is 24.7 Å². The molecule has 0 fully saturated rings. The third-order valence-corrected chi connectivity index (χ3v) is 2.58. The number of nitrogens with zero attached hydrogens (tertiary/aromatic N) is 4. The second kappa shape index (κ2) is 5.25. The van der Waals surface area contributed by atoms with Crippen molar-refractivity contribution in [2.24, 2.45) is 0 Å². The Morgan fingerprint density at radius 2 is 2.22 bits per heavy atom. The molecule has 2 rings (SSSR count). The van der Waals surface area contributed by atoms with E-state index in [4.69, 9.17) is 15.6 Å². The van der Waals surface area contributed by atoms with E-state index in [2.05, 4.69) is 15.0 Å². The molecule has 0 bridgehead atoms. The van der Waals surface area contributed by atoms with Crippen LogP contribution in [-0.4, -0.2) is 48.5 Å². The first-order chi connectivity index (χ1) is 8.63. The van der Waals surface area contributed by atoms with Crippen LogP contribution in [0.1, 0.15) is 6.92 Å². The van der Waals surface area contributed by atoms with Gasteiger partial charge in [-0.15, -0.1) is 0 Å². The molecule has 98 valence electrons. The third kappa shape index (κ3) is 2.40. The van der Waals surface area contributed by atoms with Gasteiger partial charge in [0, 0.05) is 0 Å². The average Bonchev–Trinajstić information content (AvgIpc) is 2.74. The summed E-state index contributed by atoms with van der Waals surface area (Å²) in [6.07, 6.45) is 1.45. The normalized spacial score (nSPS) is 14.8. The van der Waals surface area contributed by atoms with Crippen LogP contribution in [0.15, 0.2) is 12.7 Å². The highest BCUT2D eigenvalue weighted by atomic mass is 16.5. The maximum absolute atomic E-state index is 9.34. The molecule has 4 N–H and O–H groups in total. The Morgan fingerprint density at radius 1 is 1.44 bits per heavy atom. The first-order valence-corrected chi connectivity index (χ1v) is 5.45. The van der Waals surface area contributed by atoms with E-state index in [0.29, 0.717) is 17.0 Å². The van der Waals surface area contributed by atoms with Crippen molar-refractivity contribution in [2.75, 3.05) is 12.3 Å². The minimum absolute atomic E-state index is 0.114. The number of rotatable bonds is 5. The van der Waals surface area contributed by atoms with E-state index >= 15 is 0 Å². The van der Waals surface area contributed by atoms with E-state index in [1.165, 1.54) is 12.7 Å². The Balaban J connectivity index is 2.15. The SMILES string of the molecule is C[C@@H](O)[C@@H](CO)OCn1cnc2c(N)ncnc21. The minimum atomic E-state index is -0.760. The van der Waals surface area contributed by atoms with Crippen LogP contribution in [0.25, 0.3) is 11.2 Å². The molecule has 2 aromatic heterocycles. The molecule has 0 spiro atoms. The fourth-order valence-electron chi connectivity index (χ4n) is 1.51. The first kappa shape index (κ1) is 12.7. The van der Waals surface area contributed by atoms with Crippen LogP contribution < -0.4 is 5.73 Å². The zero-order valence-corrected chi connectivity index (χ0v) is 9.89. The molecule has 0 aromatic carbocycles. The third-order valence-electron chi connectivity index (χ3n) is 2.58. The molecule has 18 heavy (non-hydrogen) atoms. The second-order valence-corrected chi connectivity index (χ2v) is 3.90. The second-order valence-electron chi connectivity index (χ2n) is 3.90. The first-order valence-electron chi connectivity index (χ1n) is 5.45. The van der Waals surface area contributed by atoms with E-state index in [0.717, 1.165) is 0 Å². The Kier molecular flexibility index (Phi) is 3.70. The molecular weight excluding hydrogens is 238 g/mol. The van der Waals surface area contributed by atoms with Gasteiger partial charge in [-0.05, 0) is 6.92 Å². The fourth-order valence-corrected chi connectivity index (χ4v) is 1.51. The Bertz CT molecular complexity index is 527. The molecule has 8 heteroatoms. The van der Waals surface area contributed by atoms with Crippen LogP contribution in [-0.2, 0) is 11.5 Å². The van der Waals surface area contributed by atoms with Gasteiger partial charge in [-0.25, -0.2) is 15.0 Å². The highest BCUT2D eigenvalue weighted by Crippen LogP contribution is 2.14. The smallest absolute Gasteiger partial charge is 0.167 e. The summed E-state index contributed by atoms with van der Waals surface area (Å²) in [5, 5.41) is 18.4. The van der Waals surface area contributed by atoms with Gasteiger partial charge in [-0.2, -0.15) is 0 Å². The summed E-state index contributed by atoms with van der Waals surface area (Å²) >= 11 is 0. The van der Waals surface area contributed by atoms with Crippen LogP contribution in [0.2, 0.25) is 0 Å². The summed E-state index contributed by atoms with van der Waals surface area (Å²) in [5.41, 5.74) is 6.70. The van der Waals surface area contributed by atoms with Crippen LogP contribution in [0, 0.1) is 0 Å². The Labute approximate surface area is 103 Å². The lowest BCUT2D eigenvalue weighted by molar-refractivity contribution is -0.0804. The summed E-state index contributed by atoms with van der Waals surface area (Å²) in [6.45, 7) is 1.40. The minimum Gasteiger partial charge on any atom is -0.394 e. The van der Waals surface area contributed by atoms with Crippen molar-refractivity contribution in [3.63, 3.8) is 0 Å². The van der Waals surface area contributed by atoms with E-state index < -0.39 is 12.2 Å². The van der Waals surface area contributed by atoms with Gasteiger partial charge in [0.05, 0.1) is 19.0 Å². The molecule has 0 unspecified atom stereocenters. The summed E-state index contributed by atoms with van der Waals surface area (Å²) in [6, 6.07) is 0. The molecule has 0 aliphatic carbocycles. The quantitative estimate of drug-likeness (QED) is 0.633. The monoisotopic (exact) mass is 253 g/mol. The molecule has 2 heterocycles. The Hall–Kier alpha value is -1.77. The number of hydrogen-bond acceptors (Lipinski definition) is 7. The van der Waals surface area contributed by atoms with Crippen molar-refractivity contribution in [1.82, 2.24) is 19.5 Å². The van der Waals surface area contributed by atoms with Crippen LogP contribution in [0.3, 0.4) is 0 Å². The number of nitrogen functional groups attached to an aromatic ring is 1. The zero-order valence-electron chi connectivity index (χ0n) is 9.89. The molecule has 2 atom stereocenters. The molecule has 2 aromatic rings. The lowest BCUT2D eigenvalue weighted by atomic mass is 10.2. The van der Waals surface area contributed by atoms with Gasteiger partial charge >= 0.3 is 0 Å². The molecule has 0 saturated heterocycles. The average molecular weight is 253 g/mol. The number of aromatic nitrogens is 4. The summed E-state index contributed by atoms with van der Waals surface area (Å²) in [4.78, 5) is 12.0. The number of aliphatic hydroxyl groups excluding tert-OH is 2. The van der Waals surface area contributed by atoms with Crippen LogP contribution >= 0.6 is 0 Å². The number of anilines is 1. The number of ether oxygens (including phenoxy) is 1. The van der Waals surface area contributed by atoms with E-state index in [1.807, 2.05) is 0 Å². The predicted molar refractivity (Wildman–Crippen MR) is 63.4 cm³/mol. The summed E-state index contributed by atoms with van der Waals surface area (Å²) in [5.74, 6) is 0.299. The number of aliphatic hydroxyl groups is 2. The van der Waals surface area contributed by atoms with Crippen molar-refractivity contribution in [1.29, 1.82) is 0 Å². The topological polar surface area (TPSA) is 119 Å². The van der Waals surface area contributed by atoms with Crippen molar-refractivity contribution in [2.45, 2.75) is 25.9 Å². The fraction of sp³-hybridized carbons (Fsp3) is 0.500. The highest BCUT2D eigenvalue weighted by Gasteiger charge is 2.15. The van der Waals surface area contributed by atoms with Crippen molar-refractivity contribution < 1.29 is 14.9 Å². The van der Waals surface area contributed by atoms with E-state index in [9.17, 15) is 5.11 Å². The summed E-state index contributed by atoms with van der Waals surface area (Å²) < 4.78 is 6.99. The molecule has 0 amide bonds. The number of imidazole rings is 1. The predicted octanol–water partition coefficient (Wildman–Crippen LogP) is -0.876. The van der Waals surface area contributed by atoms with Gasteiger partial charge in [-0.3, -0.25) is 4.57 Å². The van der Waals surface area contributed by atoms with Crippen LogP contribution in [0.4, 0.5) is 5.82 Å². The molecule has 0 aliphatic rings. The number of nitrogens with two attached hydrogens (primary N) is 1. The highest BCUT2D eigenvalue weighted by molar-refractivity contribution is 5.80. The lowest BCUT2D eigenvalue weighted by Gasteiger charge is -2.18. The largest absolute Gasteiger partial charge is 0.394 e. The molecule has 8 nitrogen and oxygen atoms in total. The molecule has 0 saturated carbocycles. The van der Waals surface area contributed by atoms with Crippen molar-refractivity contribution >= 4 is 17.0 Å². The summed E-state index contributed by atoms with van der Waals surface area (Å²) in [7, 11) is 0. The van der Waals surface area contributed by atoms with Gasteiger partial charge in [-0.1, -0.05) is 0 Å². The number of fused-ring (bicyclic) bond motifs is 1. The van der Waals surface area contributed by atoms with Gasteiger partial charge in [0.2, 0.25) is 0 Å². The lowest BCUT2D eigenvalue weighted by Crippen LogP contribution is -2.30. The zero-order chi connectivity index (χ0) is 13.1. The van der Waals surface area contributed by atoms with Crippen LogP contribution in [0.5, 0.6) is 0 Å². The van der Waals surface area contributed by atoms with Gasteiger partial charge < -0.3 is 20.7 Å². The van der Waals surface area contributed by atoms with E-state index in [1.54, 1.807) is 11.5 Å². The molecular formula is C10H15N5O3. The van der Waals surface area contributed by atoms with Gasteiger partial charge in [0.25, 0.3) is 0 Å². The van der Waals surface area contributed by atoms with Gasteiger partial charge in [0.15, 0.2) is 11.5 Å². The number of hydrogen-bond donors (Lipinski definition) is 3. The maximum Gasteiger partial charge on any atom is 0.167 e. The standard InChI is InChI=1S/C10H15N5O3/c1-6(17)7(2-16)18-5-15-4-14-8-9(11)12-3-13-10(8)15/h3-4,6-7,16-17H,2,5H2,1H3,(H2,11,12,13)/t6-,7-/m1/s1.